The van der Waals surface area contributed by atoms with Gasteiger partial charge in [-0.1, -0.05) is 55.7 Å². The molecule has 6 bridgehead atoms. The van der Waals surface area contributed by atoms with Crippen LogP contribution in [0.3, 0.4) is 0 Å². The number of rotatable bonds is 11. The van der Waals surface area contributed by atoms with Crippen molar-refractivity contribution in [3.05, 3.63) is 119 Å². The fourth-order valence-electron chi connectivity index (χ4n) is 7.74. The molecule has 7 rings (SSSR count). The zero-order chi connectivity index (χ0) is 37.9. The Labute approximate surface area is 320 Å². The average Bonchev–Trinajstić information content (AvgIpc) is 3.17. The number of aliphatic hydroxyl groups is 1. The first-order valence-electron chi connectivity index (χ1n) is 19.5. The Bertz CT molecular complexity index is 2050. The maximum atomic E-state index is 13.6. The van der Waals surface area contributed by atoms with Crippen LogP contribution in [0.25, 0.3) is 10.8 Å². The van der Waals surface area contributed by atoms with E-state index in [0.29, 0.717) is 43.8 Å². The Morgan fingerprint density at radius 3 is 2.65 bits per heavy atom. The lowest BCUT2D eigenvalue weighted by molar-refractivity contribution is -0.121. The summed E-state index contributed by atoms with van der Waals surface area (Å²) in [5, 5.41) is 27.0. The maximum absolute atomic E-state index is 13.6. The Morgan fingerprint density at radius 1 is 0.944 bits per heavy atom. The van der Waals surface area contributed by atoms with Crippen LogP contribution in [0.5, 0.6) is 17.2 Å². The lowest BCUT2D eigenvalue weighted by atomic mass is 9.80. The van der Waals surface area contributed by atoms with Crippen LogP contribution in [0, 0.1) is 23.9 Å². The van der Waals surface area contributed by atoms with E-state index in [9.17, 15) is 15.0 Å². The standard InChI is InChI=1S/C47H53NO6/c1-4-35-29-45(51)43-14-9-23-53-41(28-37-27-39(49)20-18-36(37)12-7-6-10-32-11-8-13-38(24-32)48-5-2)30-40(50)19-15-33-17-22-46(52-3)47(26-33)54-31-34-16-21-42(43)44(35)25-34/h8,11,13,16-18,20-22,24-27,29,36-37,41,48-49,51H,4-7,10,12,14-15,19,28,30-31H2,1-3H3/t36-,37+,41+/m1/s1. The van der Waals surface area contributed by atoms with E-state index >= 15 is 0 Å². The molecule has 0 amide bonds. The zero-order valence-corrected chi connectivity index (χ0v) is 31.8. The van der Waals surface area contributed by atoms with Gasteiger partial charge >= 0.3 is 0 Å². The Hall–Kier alpha value is -5.35. The van der Waals surface area contributed by atoms with E-state index < -0.39 is 6.10 Å². The molecule has 3 N–H and O–H groups in total. The second-order valence-electron chi connectivity index (χ2n) is 14.5. The van der Waals surface area contributed by atoms with Gasteiger partial charge in [0.25, 0.3) is 0 Å². The summed E-state index contributed by atoms with van der Waals surface area (Å²) >= 11 is 0. The van der Waals surface area contributed by atoms with Crippen molar-refractivity contribution < 1.29 is 29.2 Å². The van der Waals surface area contributed by atoms with E-state index in [0.717, 1.165) is 77.4 Å². The summed E-state index contributed by atoms with van der Waals surface area (Å²) in [4.78, 5) is 13.6. The van der Waals surface area contributed by atoms with Gasteiger partial charge in [0.15, 0.2) is 11.5 Å². The summed E-state index contributed by atoms with van der Waals surface area (Å²) in [6.45, 7) is 5.42. The molecule has 4 aromatic carbocycles. The minimum atomic E-state index is -0.464. The molecular formula is C47H53NO6. The number of anilines is 1. The molecular weight excluding hydrogens is 675 g/mol. The number of nitrogens with one attached hydrogen (secondary N) is 1. The first-order valence-corrected chi connectivity index (χ1v) is 19.5. The lowest BCUT2D eigenvalue weighted by Gasteiger charge is -2.28. The molecule has 0 unspecified atom stereocenters. The van der Waals surface area contributed by atoms with E-state index in [1.807, 2.05) is 42.5 Å². The third kappa shape index (κ3) is 9.99. The van der Waals surface area contributed by atoms with Crippen molar-refractivity contribution in [3.63, 3.8) is 0 Å². The number of phenols is 1. The largest absolute Gasteiger partial charge is 0.508 e. The Morgan fingerprint density at radius 2 is 1.81 bits per heavy atom. The molecule has 2 heterocycles. The van der Waals surface area contributed by atoms with Gasteiger partial charge in [0.05, 0.1) is 7.11 Å². The molecule has 0 fully saturated rings. The molecule has 7 heteroatoms. The number of phenolic OH excluding ortho intramolecular Hbond substituents is 1. The minimum Gasteiger partial charge on any atom is -0.508 e. The normalized spacial score (nSPS) is 18.8. The van der Waals surface area contributed by atoms with Gasteiger partial charge in [0.2, 0.25) is 0 Å². The predicted molar refractivity (Wildman–Crippen MR) is 216 cm³/mol. The summed E-state index contributed by atoms with van der Waals surface area (Å²) in [6.07, 6.45) is 15.0. The Balaban J connectivity index is 1.22. The van der Waals surface area contributed by atoms with Crippen molar-refractivity contribution in [2.45, 2.75) is 90.8 Å². The molecule has 1 aliphatic carbocycles. The number of carbonyl (C=O) groups excluding carboxylic acids is 1. The number of fused-ring (bicyclic) bond motifs is 9. The van der Waals surface area contributed by atoms with E-state index in [-0.39, 0.29) is 35.5 Å². The quantitative estimate of drug-likeness (QED) is 0.105. The molecule has 0 saturated carbocycles. The molecule has 2 aliphatic heterocycles. The fourth-order valence-corrected chi connectivity index (χ4v) is 7.74. The maximum Gasteiger partial charge on any atom is 0.161 e. The van der Waals surface area contributed by atoms with Crippen molar-refractivity contribution in [1.82, 2.24) is 0 Å². The number of allylic oxidation sites excluding steroid dienone is 3. The van der Waals surface area contributed by atoms with Crippen molar-refractivity contribution in [3.8, 4) is 29.3 Å². The van der Waals surface area contributed by atoms with Gasteiger partial charge in [-0.3, -0.25) is 4.79 Å². The average molecular weight is 728 g/mol. The van der Waals surface area contributed by atoms with Crippen LogP contribution in [-0.4, -0.2) is 35.8 Å². The topological polar surface area (TPSA) is 97.3 Å². The molecule has 0 saturated heterocycles. The van der Waals surface area contributed by atoms with Crippen molar-refractivity contribution in [2.75, 3.05) is 19.0 Å². The number of aryl methyl sites for hydroxylation is 3. The zero-order valence-electron chi connectivity index (χ0n) is 31.8. The van der Waals surface area contributed by atoms with Gasteiger partial charge < -0.3 is 29.7 Å². The molecule has 0 radical (unpaired) electrons. The van der Waals surface area contributed by atoms with Gasteiger partial charge in [0.1, 0.15) is 36.1 Å². The van der Waals surface area contributed by atoms with Crippen LogP contribution in [-0.2, 0) is 41.8 Å². The predicted octanol–water partition coefficient (Wildman–Crippen LogP) is 9.97. The van der Waals surface area contributed by atoms with E-state index in [1.54, 1.807) is 13.2 Å². The molecule has 4 aromatic rings. The van der Waals surface area contributed by atoms with Crippen LogP contribution in [0.4, 0.5) is 5.69 Å². The van der Waals surface area contributed by atoms with E-state index in [4.69, 9.17) is 14.2 Å². The highest BCUT2D eigenvalue weighted by molar-refractivity contribution is 5.91. The summed E-state index contributed by atoms with van der Waals surface area (Å²) in [5.74, 6) is 5.15. The molecule has 7 nitrogen and oxygen atoms in total. The molecule has 3 aliphatic rings. The van der Waals surface area contributed by atoms with Gasteiger partial charge in [-0.2, -0.15) is 0 Å². The molecule has 0 spiro atoms. The number of ether oxygens (including phenoxy) is 3. The number of ketones is 1. The minimum absolute atomic E-state index is 0.00152. The van der Waals surface area contributed by atoms with E-state index in [2.05, 4.69) is 67.6 Å². The SMILES string of the molecule is CCNc1cccc(CCCC[C@@H]2C=CC(O)=C[C@H]2C[C@H]2CC(=O)CCc3ccc(OC)c(c3)OCc3ccc4c(c(O)cc(CC)c4c3)CC#CO2)c1. The number of unbranched alkanes of at least 4 members (excludes halogenated alkanes) is 1. The first-order chi connectivity index (χ1) is 26.3. The highest BCUT2D eigenvalue weighted by atomic mass is 16.5. The van der Waals surface area contributed by atoms with Gasteiger partial charge in [-0.15, -0.1) is 0 Å². The first kappa shape index (κ1) is 38.4. The summed E-state index contributed by atoms with van der Waals surface area (Å²) in [7, 11) is 1.62. The number of hydrogen-bond acceptors (Lipinski definition) is 7. The number of hydrogen-bond donors (Lipinski definition) is 3. The number of carbonyl (C=O) groups is 1. The molecule has 54 heavy (non-hydrogen) atoms. The van der Waals surface area contributed by atoms with Gasteiger partial charge in [0, 0.05) is 37.1 Å². The van der Waals surface area contributed by atoms with Gasteiger partial charge in [-0.05, 0) is 139 Å². The fraction of sp³-hybridized carbons (Fsp3) is 0.383. The van der Waals surface area contributed by atoms with Crippen LogP contribution in [0.15, 0.2) is 90.7 Å². The summed E-state index contributed by atoms with van der Waals surface area (Å²) in [5.41, 5.74) is 6.25. The third-order valence-corrected chi connectivity index (χ3v) is 10.6. The van der Waals surface area contributed by atoms with Gasteiger partial charge in [-0.25, -0.2) is 0 Å². The monoisotopic (exact) mass is 727 g/mol. The highest BCUT2D eigenvalue weighted by Crippen LogP contribution is 2.35. The smallest absolute Gasteiger partial charge is 0.161 e. The summed E-state index contributed by atoms with van der Waals surface area (Å²) in [6, 6.07) is 22.5. The molecule has 0 aromatic heterocycles. The molecule has 282 valence electrons. The van der Waals surface area contributed by atoms with Crippen molar-refractivity contribution in [2.24, 2.45) is 11.8 Å². The second-order valence-corrected chi connectivity index (χ2v) is 14.5. The van der Waals surface area contributed by atoms with Crippen molar-refractivity contribution >= 4 is 22.2 Å². The summed E-state index contributed by atoms with van der Waals surface area (Å²) < 4.78 is 18.1. The number of aliphatic hydroxyl groups excluding tert-OH is 1. The number of benzene rings is 4. The highest BCUT2D eigenvalue weighted by Gasteiger charge is 2.27. The van der Waals surface area contributed by atoms with E-state index in [1.165, 1.54) is 5.56 Å². The number of methoxy groups -OCH3 is 1. The van der Waals surface area contributed by atoms with Crippen LogP contribution < -0.4 is 14.8 Å². The second kappa shape index (κ2) is 18.6. The third-order valence-electron chi connectivity index (χ3n) is 10.6. The molecule has 3 atom stereocenters. The van der Waals surface area contributed by atoms with Crippen LogP contribution >= 0.6 is 0 Å². The van der Waals surface area contributed by atoms with Crippen LogP contribution in [0.1, 0.15) is 80.2 Å². The Kier molecular flexibility index (Phi) is 13.2. The van der Waals surface area contributed by atoms with Crippen LogP contribution in [0.2, 0.25) is 0 Å². The number of Topliss-reactive ketones (excluding diaryl/α,β-unsaturated/α-hetero) is 1. The lowest BCUT2D eigenvalue weighted by Crippen LogP contribution is -2.24. The number of aromatic hydroxyl groups is 1. The van der Waals surface area contributed by atoms with Crippen molar-refractivity contribution in [1.29, 1.82) is 0 Å².